The van der Waals surface area contributed by atoms with Gasteiger partial charge in [-0.2, -0.15) is 10.1 Å². The Kier molecular flexibility index (Phi) is 3.33. The van der Waals surface area contributed by atoms with Gasteiger partial charge in [0.1, 0.15) is 0 Å². The van der Waals surface area contributed by atoms with Crippen LogP contribution in [0.3, 0.4) is 0 Å². The van der Waals surface area contributed by atoms with Crippen LogP contribution >= 0.6 is 11.6 Å². The van der Waals surface area contributed by atoms with E-state index >= 15 is 0 Å². The molecule has 6 heteroatoms. The molecule has 0 atom stereocenters. The first-order valence-corrected chi connectivity index (χ1v) is 5.38. The highest BCUT2D eigenvalue weighted by molar-refractivity contribution is 6.28. The van der Waals surface area contributed by atoms with Crippen molar-refractivity contribution in [3.05, 3.63) is 11.5 Å². The Morgan fingerprint density at radius 2 is 2.20 bits per heavy atom. The van der Waals surface area contributed by atoms with Crippen molar-refractivity contribution < 1.29 is 5.11 Å². The molecule has 0 bridgehead atoms. The molecule has 82 valence electrons. The number of aliphatic hydroxyl groups is 1. The van der Waals surface area contributed by atoms with Gasteiger partial charge >= 0.3 is 0 Å². The highest BCUT2D eigenvalue weighted by atomic mass is 35.5. The number of anilines is 1. The number of halogens is 1. The van der Waals surface area contributed by atoms with Crippen molar-refractivity contribution in [2.75, 3.05) is 24.6 Å². The lowest BCUT2D eigenvalue weighted by molar-refractivity contribution is 0.202. The minimum Gasteiger partial charge on any atom is -0.396 e. The molecule has 0 saturated carbocycles. The van der Waals surface area contributed by atoms with Crippen molar-refractivity contribution in [3.8, 4) is 0 Å². The van der Waals surface area contributed by atoms with E-state index in [0.29, 0.717) is 5.92 Å². The van der Waals surface area contributed by atoms with E-state index in [-0.39, 0.29) is 11.9 Å². The molecule has 1 aliphatic rings. The van der Waals surface area contributed by atoms with E-state index in [9.17, 15) is 0 Å². The maximum Gasteiger partial charge on any atom is 0.244 e. The van der Waals surface area contributed by atoms with E-state index in [1.807, 2.05) is 0 Å². The summed E-state index contributed by atoms with van der Waals surface area (Å²) >= 11 is 5.67. The zero-order valence-corrected chi connectivity index (χ0v) is 9.06. The maximum absolute atomic E-state index is 9.01. The van der Waals surface area contributed by atoms with Crippen LogP contribution in [-0.4, -0.2) is 40.0 Å². The summed E-state index contributed by atoms with van der Waals surface area (Å²) in [6.07, 6.45) is 3.58. The molecule has 1 N–H and O–H groups in total. The number of nitrogens with zero attached hydrogens (tertiary/aromatic N) is 4. The fraction of sp³-hybridized carbons (Fsp3) is 0.667. The Hall–Kier alpha value is -0.940. The van der Waals surface area contributed by atoms with Crippen molar-refractivity contribution in [2.45, 2.75) is 12.8 Å². The lowest BCUT2D eigenvalue weighted by atomic mass is 9.98. The summed E-state index contributed by atoms with van der Waals surface area (Å²) in [5, 5.41) is 16.6. The second-order valence-electron chi connectivity index (χ2n) is 3.70. The summed E-state index contributed by atoms with van der Waals surface area (Å²) in [7, 11) is 0. The molecule has 0 amide bonds. The van der Waals surface area contributed by atoms with Crippen molar-refractivity contribution >= 4 is 17.4 Å². The van der Waals surface area contributed by atoms with Crippen LogP contribution in [0.5, 0.6) is 0 Å². The van der Waals surface area contributed by atoms with Gasteiger partial charge in [0.2, 0.25) is 5.28 Å². The zero-order chi connectivity index (χ0) is 10.7. The van der Waals surface area contributed by atoms with Gasteiger partial charge in [-0.1, -0.05) is 0 Å². The third kappa shape index (κ3) is 2.54. The molecule has 15 heavy (non-hydrogen) atoms. The van der Waals surface area contributed by atoms with Gasteiger partial charge < -0.3 is 10.0 Å². The highest BCUT2D eigenvalue weighted by Gasteiger charge is 2.19. The molecule has 5 nitrogen and oxygen atoms in total. The number of rotatable bonds is 2. The van der Waals surface area contributed by atoms with Gasteiger partial charge in [-0.3, -0.25) is 0 Å². The third-order valence-corrected chi connectivity index (χ3v) is 2.88. The summed E-state index contributed by atoms with van der Waals surface area (Å²) in [4.78, 5) is 6.22. The third-order valence-electron chi connectivity index (χ3n) is 2.72. The van der Waals surface area contributed by atoms with Gasteiger partial charge in [0.15, 0.2) is 5.82 Å². The van der Waals surface area contributed by atoms with Gasteiger partial charge in [-0.05, 0) is 30.4 Å². The highest BCUT2D eigenvalue weighted by Crippen LogP contribution is 2.21. The smallest absolute Gasteiger partial charge is 0.244 e. The average Bonchev–Trinajstić information content (AvgIpc) is 2.29. The largest absolute Gasteiger partial charge is 0.396 e. The monoisotopic (exact) mass is 228 g/mol. The topological polar surface area (TPSA) is 62.1 Å². The number of piperidine rings is 1. The Morgan fingerprint density at radius 3 is 2.80 bits per heavy atom. The fourth-order valence-corrected chi connectivity index (χ4v) is 1.90. The lowest BCUT2D eigenvalue weighted by Crippen LogP contribution is -2.35. The molecule has 2 rings (SSSR count). The van der Waals surface area contributed by atoms with Crippen molar-refractivity contribution in [1.29, 1.82) is 0 Å². The molecule has 0 aliphatic carbocycles. The summed E-state index contributed by atoms with van der Waals surface area (Å²) in [5.74, 6) is 1.19. The predicted octanol–water partition coefficient (Wildman–Crippen LogP) is 0.734. The van der Waals surface area contributed by atoms with Gasteiger partial charge in [0.25, 0.3) is 0 Å². The zero-order valence-electron chi connectivity index (χ0n) is 8.30. The normalized spacial score (nSPS) is 18.1. The van der Waals surface area contributed by atoms with Gasteiger partial charge in [-0.25, -0.2) is 0 Å². The summed E-state index contributed by atoms with van der Waals surface area (Å²) in [5.41, 5.74) is 0. The standard InChI is InChI=1S/C9H13ClN4O/c10-9-12-8(5-11-13-9)14-3-1-7(6-15)2-4-14/h5,7,15H,1-4,6H2. The second kappa shape index (κ2) is 4.72. The van der Waals surface area contributed by atoms with Crippen molar-refractivity contribution in [1.82, 2.24) is 15.2 Å². The van der Waals surface area contributed by atoms with Crippen LogP contribution in [0, 0.1) is 5.92 Å². The Balaban J connectivity index is 2.01. The number of hydrogen-bond donors (Lipinski definition) is 1. The number of hydrogen-bond acceptors (Lipinski definition) is 5. The predicted molar refractivity (Wildman–Crippen MR) is 56.9 cm³/mol. The van der Waals surface area contributed by atoms with Crippen LogP contribution in [-0.2, 0) is 0 Å². The molecule has 1 fully saturated rings. The first-order chi connectivity index (χ1) is 7.29. The van der Waals surface area contributed by atoms with E-state index in [1.54, 1.807) is 6.20 Å². The van der Waals surface area contributed by atoms with E-state index in [0.717, 1.165) is 31.7 Å². The molecule has 0 radical (unpaired) electrons. The Bertz CT molecular complexity index is 328. The first-order valence-electron chi connectivity index (χ1n) is 5.00. The van der Waals surface area contributed by atoms with Crippen LogP contribution in [0.1, 0.15) is 12.8 Å². The van der Waals surface area contributed by atoms with Crippen LogP contribution in [0.25, 0.3) is 0 Å². The fourth-order valence-electron chi connectivity index (χ4n) is 1.77. The number of aliphatic hydroxyl groups excluding tert-OH is 1. The van der Waals surface area contributed by atoms with E-state index in [4.69, 9.17) is 16.7 Å². The Labute approximate surface area is 93.1 Å². The first kappa shape index (κ1) is 10.6. The SMILES string of the molecule is OCC1CCN(c2cnnc(Cl)n2)CC1. The molecule has 1 aromatic rings. The minimum atomic E-state index is 0.178. The molecule has 0 unspecified atom stereocenters. The lowest BCUT2D eigenvalue weighted by Gasteiger charge is -2.31. The van der Waals surface area contributed by atoms with Gasteiger partial charge in [0, 0.05) is 19.7 Å². The van der Waals surface area contributed by atoms with Crippen LogP contribution < -0.4 is 4.90 Å². The summed E-state index contributed by atoms with van der Waals surface area (Å²) in [6, 6.07) is 0. The average molecular weight is 229 g/mol. The van der Waals surface area contributed by atoms with E-state index in [2.05, 4.69) is 20.1 Å². The number of aromatic nitrogens is 3. The van der Waals surface area contributed by atoms with Crippen LogP contribution in [0.15, 0.2) is 6.20 Å². The molecule has 2 heterocycles. The van der Waals surface area contributed by atoms with Crippen LogP contribution in [0.2, 0.25) is 5.28 Å². The Morgan fingerprint density at radius 1 is 1.47 bits per heavy atom. The summed E-state index contributed by atoms with van der Waals surface area (Å²) in [6.45, 7) is 2.05. The molecule has 1 saturated heterocycles. The van der Waals surface area contributed by atoms with Gasteiger partial charge in [-0.15, -0.1) is 5.10 Å². The van der Waals surface area contributed by atoms with E-state index < -0.39 is 0 Å². The molecule has 1 aromatic heterocycles. The maximum atomic E-state index is 9.01. The van der Waals surface area contributed by atoms with Gasteiger partial charge in [0.05, 0.1) is 6.20 Å². The van der Waals surface area contributed by atoms with Crippen molar-refractivity contribution in [3.63, 3.8) is 0 Å². The molecular formula is C9H13ClN4O. The molecule has 1 aliphatic heterocycles. The summed E-state index contributed by atoms with van der Waals surface area (Å²) < 4.78 is 0. The van der Waals surface area contributed by atoms with Crippen molar-refractivity contribution in [2.24, 2.45) is 5.92 Å². The van der Waals surface area contributed by atoms with E-state index in [1.165, 1.54) is 0 Å². The minimum absolute atomic E-state index is 0.178. The molecule has 0 aromatic carbocycles. The molecular weight excluding hydrogens is 216 g/mol. The molecule has 0 spiro atoms. The van der Waals surface area contributed by atoms with Crippen LogP contribution in [0.4, 0.5) is 5.82 Å². The quantitative estimate of drug-likeness (QED) is 0.809. The second-order valence-corrected chi connectivity index (χ2v) is 4.03.